The van der Waals surface area contributed by atoms with Gasteiger partial charge >= 0.3 is 5.97 Å². The minimum atomic E-state index is 0.0420. The molecule has 0 bridgehead atoms. The van der Waals surface area contributed by atoms with E-state index in [1.165, 1.54) is 56.9 Å². The first-order valence-electron chi connectivity index (χ1n) is 14.8. The van der Waals surface area contributed by atoms with Crippen LogP contribution < -0.4 is 0 Å². The standard InChI is InChI=1S/C31H50O3/c1-5-6-7-8-9-10-11-12-13-28(33)34-27-17-16-26-30-21(2)18-23-19-24(32)14-15-25(23)29(30)22(3)20-31(26,27)4/h19,21-22,25-27,29-30H,5-18,20H2,1-4H3/t21-,22+,25?,26?,27+,29?,30?,31+/m1/s1. The molecule has 3 nitrogen and oxygen atoms in total. The molecule has 8 atom stereocenters. The Hall–Kier alpha value is -1.12. The fourth-order valence-corrected chi connectivity index (χ4v) is 8.90. The van der Waals surface area contributed by atoms with Gasteiger partial charge in [-0.3, -0.25) is 9.59 Å². The second-order valence-corrected chi connectivity index (χ2v) is 12.7. The highest BCUT2D eigenvalue weighted by Crippen LogP contribution is 2.65. The summed E-state index contributed by atoms with van der Waals surface area (Å²) in [7, 11) is 0. The maximum atomic E-state index is 12.8. The van der Waals surface area contributed by atoms with Gasteiger partial charge in [-0.2, -0.15) is 0 Å². The van der Waals surface area contributed by atoms with Crippen LogP contribution in [0.4, 0.5) is 0 Å². The van der Waals surface area contributed by atoms with Crippen LogP contribution in [-0.2, 0) is 14.3 Å². The van der Waals surface area contributed by atoms with Crippen LogP contribution >= 0.6 is 0 Å². The molecule has 0 aromatic rings. The Kier molecular flexibility index (Phi) is 8.62. The maximum absolute atomic E-state index is 12.8. The number of esters is 1. The van der Waals surface area contributed by atoms with Gasteiger partial charge in [-0.1, -0.05) is 78.2 Å². The van der Waals surface area contributed by atoms with E-state index in [9.17, 15) is 9.59 Å². The predicted octanol–water partition coefficient (Wildman–Crippen LogP) is 8.06. The zero-order valence-corrected chi connectivity index (χ0v) is 22.5. The van der Waals surface area contributed by atoms with E-state index >= 15 is 0 Å². The van der Waals surface area contributed by atoms with E-state index in [1.807, 2.05) is 6.08 Å². The second-order valence-electron chi connectivity index (χ2n) is 12.7. The summed E-state index contributed by atoms with van der Waals surface area (Å²) in [6.45, 7) is 9.57. The number of hydrogen-bond acceptors (Lipinski definition) is 3. The number of carbonyl (C=O) groups excluding carboxylic acids is 2. The van der Waals surface area contributed by atoms with Crippen LogP contribution in [0, 0.1) is 40.9 Å². The van der Waals surface area contributed by atoms with Crippen LogP contribution in [0.3, 0.4) is 0 Å². The third-order valence-corrected chi connectivity index (χ3v) is 10.4. The molecule has 0 aromatic carbocycles. The van der Waals surface area contributed by atoms with Crippen LogP contribution in [-0.4, -0.2) is 17.9 Å². The fraction of sp³-hybridized carbons (Fsp3) is 0.871. The van der Waals surface area contributed by atoms with E-state index in [2.05, 4.69) is 27.7 Å². The Morgan fingerprint density at radius 1 is 0.971 bits per heavy atom. The lowest BCUT2D eigenvalue weighted by atomic mass is 9.47. The van der Waals surface area contributed by atoms with Gasteiger partial charge in [-0.25, -0.2) is 0 Å². The molecule has 3 heteroatoms. The number of allylic oxidation sites excluding steroid dienone is 1. The number of ether oxygens (including phenoxy) is 1. The van der Waals surface area contributed by atoms with Crippen molar-refractivity contribution in [1.82, 2.24) is 0 Å². The number of ketones is 1. The Morgan fingerprint density at radius 3 is 2.41 bits per heavy atom. The molecular formula is C31H50O3. The molecule has 4 aliphatic rings. The summed E-state index contributed by atoms with van der Waals surface area (Å²) in [6, 6.07) is 0. The van der Waals surface area contributed by atoms with Crippen LogP contribution in [0.2, 0.25) is 0 Å². The van der Waals surface area contributed by atoms with Crippen molar-refractivity contribution in [3.8, 4) is 0 Å². The molecule has 0 heterocycles. The quantitative estimate of drug-likeness (QED) is 0.239. The van der Waals surface area contributed by atoms with Gasteiger partial charge in [-0.05, 0) is 80.1 Å². The SMILES string of the molecule is CCCCCCCCCCC(=O)O[C@H]1CCC2C3C(C4CCC(=O)C=C4C[C@H]3C)[C@@H](C)C[C@@]21C. The lowest BCUT2D eigenvalue weighted by Gasteiger charge is -2.58. The molecule has 0 amide bonds. The molecule has 192 valence electrons. The molecule has 0 radical (unpaired) electrons. The maximum Gasteiger partial charge on any atom is 0.306 e. The van der Waals surface area contributed by atoms with Crippen LogP contribution in [0.5, 0.6) is 0 Å². The molecule has 0 N–H and O–H groups in total. The molecule has 0 spiro atoms. The summed E-state index contributed by atoms with van der Waals surface area (Å²) in [6.07, 6.45) is 19.0. The van der Waals surface area contributed by atoms with Crippen molar-refractivity contribution in [1.29, 1.82) is 0 Å². The summed E-state index contributed by atoms with van der Waals surface area (Å²) in [5, 5.41) is 0. The Labute approximate surface area is 208 Å². The van der Waals surface area contributed by atoms with Gasteiger partial charge in [-0.15, -0.1) is 0 Å². The first-order valence-corrected chi connectivity index (χ1v) is 14.8. The fourth-order valence-electron chi connectivity index (χ4n) is 8.90. The monoisotopic (exact) mass is 470 g/mol. The molecule has 34 heavy (non-hydrogen) atoms. The number of fused-ring (bicyclic) bond motifs is 5. The van der Waals surface area contributed by atoms with Gasteiger partial charge in [0, 0.05) is 18.3 Å². The zero-order valence-electron chi connectivity index (χ0n) is 22.5. The summed E-state index contributed by atoms with van der Waals surface area (Å²) in [5.74, 6) is 4.31. The first-order chi connectivity index (χ1) is 16.3. The highest BCUT2D eigenvalue weighted by molar-refractivity contribution is 5.91. The molecule has 0 aromatic heterocycles. The largest absolute Gasteiger partial charge is 0.462 e. The molecule has 4 rings (SSSR count). The van der Waals surface area contributed by atoms with E-state index < -0.39 is 0 Å². The number of hydrogen-bond donors (Lipinski definition) is 0. The molecule has 3 fully saturated rings. The third kappa shape index (κ3) is 5.34. The zero-order chi connectivity index (χ0) is 24.3. The van der Waals surface area contributed by atoms with Crippen LogP contribution in [0.15, 0.2) is 11.6 Å². The lowest BCUT2D eigenvalue weighted by molar-refractivity contribution is -0.162. The average molecular weight is 471 g/mol. The van der Waals surface area contributed by atoms with Crippen molar-refractivity contribution in [2.24, 2.45) is 40.9 Å². The molecule has 0 aliphatic heterocycles. The van der Waals surface area contributed by atoms with Crippen LogP contribution in [0.1, 0.15) is 124 Å². The Morgan fingerprint density at radius 2 is 1.68 bits per heavy atom. The smallest absolute Gasteiger partial charge is 0.306 e. The Balaban J connectivity index is 1.32. The molecule has 0 saturated heterocycles. The van der Waals surface area contributed by atoms with Crippen molar-refractivity contribution in [2.45, 2.75) is 130 Å². The highest BCUT2D eigenvalue weighted by atomic mass is 16.5. The first kappa shape index (κ1) is 26.0. The normalized spacial score (nSPS) is 39.1. The van der Waals surface area contributed by atoms with Crippen molar-refractivity contribution >= 4 is 11.8 Å². The van der Waals surface area contributed by atoms with E-state index in [1.54, 1.807) is 0 Å². The molecule has 3 saturated carbocycles. The van der Waals surface area contributed by atoms with Gasteiger partial charge in [0.2, 0.25) is 0 Å². The summed E-state index contributed by atoms with van der Waals surface area (Å²) in [5.41, 5.74) is 1.57. The minimum Gasteiger partial charge on any atom is -0.462 e. The number of rotatable bonds is 10. The third-order valence-electron chi connectivity index (χ3n) is 10.4. The average Bonchev–Trinajstić information content (AvgIpc) is 3.10. The van der Waals surface area contributed by atoms with E-state index in [0.717, 1.165) is 38.5 Å². The van der Waals surface area contributed by atoms with E-state index in [0.29, 0.717) is 47.7 Å². The van der Waals surface area contributed by atoms with Gasteiger partial charge in [0.1, 0.15) is 6.10 Å². The van der Waals surface area contributed by atoms with Crippen molar-refractivity contribution in [3.63, 3.8) is 0 Å². The molecular weight excluding hydrogens is 420 g/mol. The van der Waals surface area contributed by atoms with Crippen molar-refractivity contribution in [2.75, 3.05) is 0 Å². The van der Waals surface area contributed by atoms with Crippen molar-refractivity contribution < 1.29 is 14.3 Å². The van der Waals surface area contributed by atoms with Gasteiger partial charge < -0.3 is 4.74 Å². The lowest BCUT2D eigenvalue weighted by Crippen LogP contribution is -2.54. The Bertz CT molecular complexity index is 754. The summed E-state index contributed by atoms with van der Waals surface area (Å²) >= 11 is 0. The van der Waals surface area contributed by atoms with Crippen molar-refractivity contribution in [3.05, 3.63) is 11.6 Å². The van der Waals surface area contributed by atoms with Gasteiger partial charge in [0.15, 0.2) is 5.78 Å². The number of unbranched alkanes of at least 4 members (excludes halogenated alkanes) is 7. The van der Waals surface area contributed by atoms with Crippen LogP contribution in [0.25, 0.3) is 0 Å². The summed E-state index contributed by atoms with van der Waals surface area (Å²) < 4.78 is 6.23. The predicted molar refractivity (Wildman–Crippen MR) is 138 cm³/mol. The van der Waals surface area contributed by atoms with Gasteiger partial charge in [0.25, 0.3) is 0 Å². The number of carbonyl (C=O) groups is 2. The van der Waals surface area contributed by atoms with E-state index in [4.69, 9.17) is 4.74 Å². The molecule has 4 aliphatic carbocycles. The topological polar surface area (TPSA) is 43.4 Å². The minimum absolute atomic E-state index is 0.0420. The highest BCUT2D eigenvalue weighted by Gasteiger charge is 2.60. The van der Waals surface area contributed by atoms with Gasteiger partial charge in [0.05, 0.1) is 0 Å². The summed E-state index contributed by atoms with van der Waals surface area (Å²) in [4.78, 5) is 24.9. The van der Waals surface area contributed by atoms with E-state index in [-0.39, 0.29) is 17.5 Å². The molecule has 4 unspecified atom stereocenters. The second kappa shape index (κ2) is 11.3.